The highest BCUT2D eigenvalue weighted by Crippen LogP contribution is 2.27. The van der Waals surface area contributed by atoms with Crippen molar-refractivity contribution < 1.29 is 25.0 Å². The summed E-state index contributed by atoms with van der Waals surface area (Å²) < 4.78 is 6.39. The number of amides is 1. The molecule has 1 aliphatic rings. The largest absolute Gasteiger partial charge is 0.394 e. The van der Waals surface area contributed by atoms with Crippen LogP contribution in [-0.2, 0) is 4.74 Å². The highest BCUT2D eigenvalue weighted by Gasteiger charge is 2.42. The summed E-state index contributed by atoms with van der Waals surface area (Å²) in [5.41, 5.74) is 7.02. The first-order valence-corrected chi connectivity index (χ1v) is 5.14. The monoisotopic (exact) mass is 259 g/mol. The van der Waals surface area contributed by atoms with Gasteiger partial charge in [0.25, 0.3) is 0 Å². The molecule has 0 aromatic carbocycles. The Kier molecular flexibility index (Phi) is 3.54. The van der Waals surface area contributed by atoms with Crippen LogP contribution in [0.15, 0.2) is 6.33 Å². The third-order valence-corrected chi connectivity index (χ3v) is 2.68. The fourth-order valence-corrected chi connectivity index (χ4v) is 1.70. The predicted molar refractivity (Wildman–Crippen MR) is 54.3 cm³/mol. The molecule has 0 spiro atoms. The standard InChI is InChI=1S/C8H13N5O5/c9-4-3(1-14)18-8(5(4)15)13-2-10-6(11-13)7(16)12-17/h2-5,8,14-15,17H,1,9H2,(H,12,16)/t3-,4-,5-,8-/m1/s1. The minimum Gasteiger partial charge on any atom is -0.394 e. The van der Waals surface area contributed by atoms with E-state index in [1.54, 1.807) is 0 Å². The van der Waals surface area contributed by atoms with Gasteiger partial charge in [0.2, 0.25) is 5.82 Å². The molecule has 0 unspecified atom stereocenters. The molecule has 0 bridgehead atoms. The molecule has 1 aliphatic heterocycles. The van der Waals surface area contributed by atoms with Crippen LogP contribution in [-0.4, -0.2) is 60.9 Å². The maximum absolute atomic E-state index is 11.0. The number of hydroxylamine groups is 1. The van der Waals surface area contributed by atoms with Gasteiger partial charge in [0.05, 0.1) is 12.6 Å². The van der Waals surface area contributed by atoms with E-state index in [-0.39, 0.29) is 12.4 Å². The van der Waals surface area contributed by atoms with Crippen molar-refractivity contribution in [1.29, 1.82) is 0 Å². The van der Waals surface area contributed by atoms with Crippen molar-refractivity contribution in [3.63, 3.8) is 0 Å². The van der Waals surface area contributed by atoms with Crippen molar-refractivity contribution >= 4 is 5.91 Å². The lowest BCUT2D eigenvalue weighted by atomic mass is 10.1. The molecule has 10 heteroatoms. The van der Waals surface area contributed by atoms with Gasteiger partial charge >= 0.3 is 5.91 Å². The van der Waals surface area contributed by atoms with Crippen LogP contribution >= 0.6 is 0 Å². The average molecular weight is 259 g/mol. The van der Waals surface area contributed by atoms with Crippen LogP contribution in [0.25, 0.3) is 0 Å². The number of carbonyl (C=O) groups excluding carboxylic acids is 1. The Morgan fingerprint density at radius 3 is 2.94 bits per heavy atom. The maximum atomic E-state index is 11.0. The van der Waals surface area contributed by atoms with Gasteiger partial charge in [0, 0.05) is 0 Å². The zero-order chi connectivity index (χ0) is 13.3. The second-order valence-electron chi connectivity index (χ2n) is 3.80. The fraction of sp³-hybridized carbons (Fsp3) is 0.625. The molecule has 100 valence electrons. The van der Waals surface area contributed by atoms with E-state index in [1.807, 2.05) is 0 Å². The molecule has 2 rings (SSSR count). The average Bonchev–Trinajstić information content (AvgIpc) is 2.96. The number of hydrogen-bond acceptors (Lipinski definition) is 8. The molecule has 0 radical (unpaired) electrons. The van der Waals surface area contributed by atoms with E-state index in [0.29, 0.717) is 0 Å². The van der Waals surface area contributed by atoms with Gasteiger partial charge in [-0.25, -0.2) is 15.1 Å². The van der Waals surface area contributed by atoms with Crippen molar-refractivity contribution in [2.24, 2.45) is 5.73 Å². The molecule has 6 N–H and O–H groups in total. The first kappa shape index (κ1) is 12.9. The number of hydrogen-bond donors (Lipinski definition) is 5. The Labute approximate surface area is 101 Å². The number of nitrogens with two attached hydrogens (primary N) is 1. The molecule has 1 aromatic heterocycles. The number of carbonyl (C=O) groups is 1. The van der Waals surface area contributed by atoms with Crippen LogP contribution < -0.4 is 11.2 Å². The third-order valence-electron chi connectivity index (χ3n) is 2.68. The highest BCUT2D eigenvalue weighted by molar-refractivity contribution is 5.89. The fourth-order valence-electron chi connectivity index (χ4n) is 1.70. The second kappa shape index (κ2) is 4.96. The molecule has 1 aromatic rings. The molecule has 0 aliphatic carbocycles. The zero-order valence-corrected chi connectivity index (χ0v) is 9.17. The van der Waals surface area contributed by atoms with Crippen LogP contribution in [0.5, 0.6) is 0 Å². The summed E-state index contributed by atoms with van der Waals surface area (Å²) >= 11 is 0. The topological polar surface area (TPSA) is 156 Å². The zero-order valence-electron chi connectivity index (χ0n) is 9.17. The lowest BCUT2D eigenvalue weighted by Crippen LogP contribution is -2.41. The Hall–Kier alpha value is -1.59. The normalized spacial score (nSPS) is 31.6. The quantitative estimate of drug-likeness (QED) is 0.283. The van der Waals surface area contributed by atoms with Gasteiger partial charge in [0.15, 0.2) is 6.23 Å². The predicted octanol–water partition coefficient (Wildman–Crippen LogP) is -3.02. The first-order chi connectivity index (χ1) is 8.58. The number of nitrogens with zero attached hydrogens (tertiary/aromatic N) is 3. The Bertz CT molecular complexity index is 437. The second-order valence-corrected chi connectivity index (χ2v) is 3.80. The molecular formula is C8H13N5O5. The van der Waals surface area contributed by atoms with Gasteiger partial charge < -0.3 is 20.7 Å². The number of aliphatic hydroxyl groups is 2. The van der Waals surface area contributed by atoms with Gasteiger partial charge in [-0.1, -0.05) is 0 Å². The minimum atomic E-state index is -1.09. The molecule has 18 heavy (non-hydrogen) atoms. The van der Waals surface area contributed by atoms with E-state index >= 15 is 0 Å². The lowest BCUT2D eigenvalue weighted by molar-refractivity contribution is -0.0574. The van der Waals surface area contributed by atoms with E-state index in [1.165, 1.54) is 5.48 Å². The van der Waals surface area contributed by atoms with E-state index in [9.17, 15) is 9.90 Å². The number of aromatic nitrogens is 3. The SMILES string of the molecule is N[C@H]1[C@@H](O)[C@H](n2cnc(C(=O)NO)n2)O[C@@H]1CO. The maximum Gasteiger partial charge on any atom is 0.314 e. The van der Waals surface area contributed by atoms with Crippen LogP contribution in [0.2, 0.25) is 0 Å². The van der Waals surface area contributed by atoms with E-state index in [2.05, 4.69) is 10.1 Å². The summed E-state index contributed by atoms with van der Waals surface area (Å²) in [5, 5.41) is 31.0. The van der Waals surface area contributed by atoms with Crippen molar-refractivity contribution in [1.82, 2.24) is 20.2 Å². The molecule has 2 heterocycles. The molecule has 10 nitrogen and oxygen atoms in total. The summed E-state index contributed by atoms with van der Waals surface area (Å²) in [6.07, 6.45) is -1.59. The van der Waals surface area contributed by atoms with Crippen LogP contribution in [0.4, 0.5) is 0 Å². The Morgan fingerprint density at radius 2 is 2.39 bits per heavy atom. The van der Waals surface area contributed by atoms with Crippen LogP contribution in [0.3, 0.4) is 0 Å². The van der Waals surface area contributed by atoms with Gasteiger partial charge in [-0.05, 0) is 0 Å². The van der Waals surface area contributed by atoms with E-state index in [0.717, 1.165) is 11.0 Å². The molecular weight excluding hydrogens is 246 g/mol. The third kappa shape index (κ3) is 2.07. The minimum absolute atomic E-state index is 0.283. The summed E-state index contributed by atoms with van der Waals surface area (Å²) in [6, 6.07) is -0.765. The summed E-state index contributed by atoms with van der Waals surface area (Å²) in [5.74, 6) is -1.17. The summed E-state index contributed by atoms with van der Waals surface area (Å²) in [6.45, 7) is -0.340. The number of ether oxygens (including phenoxy) is 1. The Balaban J connectivity index is 2.17. The van der Waals surface area contributed by atoms with Gasteiger partial charge in [-0.15, -0.1) is 5.10 Å². The highest BCUT2D eigenvalue weighted by atomic mass is 16.5. The van der Waals surface area contributed by atoms with Crippen LogP contribution in [0.1, 0.15) is 16.8 Å². The Morgan fingerprint density at radius 1 is 1.67 bits per heavy atom. The van der Waals surface area contributed by atoms with Crippen molar-refractivity contribution in [3.8, 4) is 0 Å². The summed E-state index contributed by atoms with van der Waals surface area (Å²) in [4.78, 5) is 14.7. The molecule has 1 amide bonds. The molecule has 4 atom stereocenters. The van der Waals surface area contributed by atoms with E-state index < -0.39 is 30.4 Å². The lowest BCUT2D eigenvalue weighted by Gasteiger charge is -2.14. The van der Waals surface area contributed by atoms with Gasteiger partial charge in [-0.3, -0.25) is 10.0 Å². The molecule has 1 fully saturated rings. The number of aliphatic hydroxyl groups excluding tert-OH is 2. The van der Waals surface area contributed by atoms with Crippen molar-refractivity contribution in [3.05, 3.63) is 12.2 Å². The van der Waals surface area contributed by atoms with E-state index in [4.69, 9.17) is 20.8 Å². The number of rotatable bonds is 3. The first-order valence-electron chi connectivity index (χ1n) is 5.14. The van der Waals surface area contributed by atoms with Gasteiger partial charge in [-0.2, -0.15) is 0 Å². The summed E-state index contributed by atoms with van der Waals surface area (Å²) in [7, 11) is 0. The molecule has 1 saturated heterocycles. The van der Waals surface area contributed by atoms with Crippen molar-refractivity contribution in [2.45, 2.75) is 24.5 Å². The van der Waals surface area contributed by atoms with Gasteiger partial charge in [0.1, 0.15) is 18.5 Å². The van der Waals surface area contributed by atoms with Crippen LogP contribution in [0, 0.1) is 0 Å². The smallest absolute Gasteiger partial charge is 0.314 e. The number of nitrogens with one attached hydrogen (secondary N) is 1. The molecule has 0 saturated carbocycles. The van der Waals surface area contributed by atoms with Crippen molar-refractivity contribution in [2.75, 3.05) is 6.61 Å².